The van der Waals surface area contributed by atoms with Gasteiger partial charge in [0.05, 0.1) is 35.7 Å². The maximum absolute atomic E-state index is 12.7. The average molecular weight is 440 g/mol. The van der Waals surface area contributed by atoms with Gasteiger partial charge in [-0.3, -0.25) is 9.69 Å². The molecule has 3 aromatic rings. The first-order valence-electron chi connectivity index (χ1n) is 10.6. The summed E-state index contributed by atoms with van der Waals surface area (Å²) in [5, 5.41) is 10.2. The summed E-state index contributed by atoms with van der Waals surface area (Å²) in [6, 6.07) is 9.96. The van der Waals surface area contributed by atoms with E-state index in [9.17, 15) is 4.79 Å². The van der Waals surface area contributed by atoms with Gasteiger partial charge in [0.2, 0.25) is 5.91 Å². The first-order valence-corrected chi connectivity index (χ1v) is 11.5. The molecule has 2 aromatic heterocycles. The van der Waals surface area contributed by atoms with Gasteiger partial charge in [0, 0.05) is 36.3 Å². The molecule has 1 aliphatic heterocycles. The molecule has 8 heteroatoms. The maximum Gasteiger partial charge on any atom is 0.230 e. The van der Waals surface area contributed by atoms with Crippen molar-refractivity contribution < 1.29 is 9.53 Å². The van der Waals surface area contributed by atoms with E-state index in [2.05, 4.69) is 34.1 Å². The van der Waals surface area contributed by atoms with Crippen LogP contribution in [0.25, 0.3) is 5.69 Å². The largest absolute Gasteiger partial charge is 0.373 e. The summed E-state index contributed by atoms with van der Waals surface area (Å²) in [4.78, 5) is 19.7. The van der Waals surface area contributed by atoms with Gasteiger partial charge in [-0.25, -0.2) is 9.67 Å². The Kier molecular flexibility index (Phi) is 6.50. The molecular formula is C23H29N5O2S. The lowest BCUT2D eigenvalue weighted by Gasteiger charge is -2.34. The molecule has 0 spiro atoms. The number of para-hydroxylation sites is 1. The third-order valence-electron chi connectivity index (χ3n) is 5.46. The number of aryl methyl sites for hydroxylation is 1. The van der Waals surface area contributed by atoms with Crippen molar-refractivity contribution in [2.75, 3.05) is 18.4 Å². The third-order valence-corrected chi connectivity index (χ3v) is 6.26. The number of aromatic nitrogens is 3. The lowest BCUT2D eigenvalue weighted by molar-refractivity contribution is -0.115. The lowest BCUT2D eigenvalue weighted by Crippen LogP contribution is -2.44. The Morgan fingerprint density at radius 3 is 2.61 bits per heavy atom. The number of carbonyl (C=O) groups is 1. The number of hydrogen-bond acceptors (Lipinski definition) is 6. The topological polar surface area (TPSA) is 72.3 Å². The van der Waals surface area contributed by atoms with E-state index in [-0.39, 0.29) is 24.5 Å². The third kappa shape index (κ3) is 5.20. The molecule has 1 N–H and O–H groups in total. The fourth-order valence-electron chi connectivity index (χ4n) is 4.16. The Morgan fingerprint density at radius 1 is 1.19 bits per heavy atom. The Bertz CT molecular complexity index is 1040. The SMILES string of the molecule is Cc1nn(-c2ccccc2)c(C)c1CC(=O)Nc1nc(CN2CC(C)OC(C)C2)cs1. The van der Waals surface area contributed by atoms with E-state index in [1.165, 1.54) is 11.3 Å². The molecule has 1 amide bonds. The molecule has 0 bridgehead atoms. The van der Waals surface area contributed by atoms with Crippen LogP contribution in [0.2, 0.25) is 0 Å². The number of benzene rings is 1. The predicted molar refractivity (Wildman–Crippen MR) is 123 cm³/mol. The molecule has 31 heavy (non-hydrogen) atoms. The van der Waals surface area contributed by atoms with Gasteiger partial charge in [-0.2, -0.15) is 5.10 Å². The number of rotatable bonds is 6. The monoisotopic (exact) mass is 439 g/mol. The van der Waals surface area contributed by atoms with Gasteiger partial charge in [-0.05, 0) is 39.8 Å². The summed E-state index contributed by atoms with van der Waals surface area (Å²) in [5.74, 6) is -0.0756. The number of nitrogens with one attached hydrogen (secondary N) is 1. The molecule has 1 fully saturated rings. The molecule has 1 aliphatic rings. The molecular weight excluding hydrogens is 410 g/mol. The minimum absolute atomic E-state index is 0.0756. The summed E-state index contributed by atoms with van der Waals surface area (Å²) in [6.07, 6.45) is 0.729. The van der Waals surface area contributed by atoms with Crippen LogP contribution in [0.5, 0.6) is 0 Å². The Hall–Kier alpha value is -2.55. The van der Waals surface area contributed by atoms with Crippen molar-refractivity contribution in [3.8, 4) is 5.69 Å². The van der Waals surface area contributed by atoms with Gasteiger partial charge in [0.1, 0.15) is 0 Å². The number of anilines is 1. The van der Waals surface area contributed by atoms with Crippen molar-refractivity contribution in [2.45, 2.75) is 52.9 Å². The highest BCUT2D eigenvalue weighted by Gasteiger charge is 2.23. The van der Waals surface area contributed by atoms with E-state index >= 15 is 0 Å². The standard InChI is InChI=1S/C23H29N5O2S/c1-15-11-27(12-16(2)30-15)13-19-14-31-23(24-19)25-22(29)10-21-17(3)26-28(18(21)4)20-8-6-5-7-9-20/h5-9,14-16H,10-13H2,1-4H3,(H,24,25,29). The molecule has 0 saturated carbocycles. The van der Waals surface area contributed by atoms with Gasteiger partial charge < -0.3 is 10.1 Å². The van der Waals surface area contributed by atoms with Crippen LogP contribution >= 0.6 is 11.3 Å². The summed E-state index contributed by atoms with van der Waals surface area (Å²) in [6.45, 7) is 10.7. The second-order valence-corrected chi connectivity index (χ2v) is 9.08. The molecule has 1 aromatic carbocycles. The molecule has 3 heterocycles. The first-order chi connectivity index (χ1) is 14.9. The Morgan fingerprint density at radius 2 is 1.90 bits per heavy atom. The second kappa shape index (κ2) is 9.30. The zero-order chi connectivity index (χ0) is 22.0. The summed E-state index contributed by atoms with van der Waals surface area (Å²) < 4.78 is 7.69. The molecule has 7 nitrogen and oxygen atoms in total. The molecule has 164 valence electrons. The second-order valence-electron chi connectivity index (χ2n) is 8.22. The molecule has 0 radical (unpaired) electrons. The van der Waals surface area contributed by atoms with E-state index in [4.69, 9.17) is 4.74 Å². The molecule has 2 unspecified atom stereocenters. The van der Waals surface area contributed by atoms with Gasteiger partial charge >= 0.3 is 0 Å². The van der Waals surface area contributed by atoms with Crippen molar-refractivity contribution >= 4 is 22.4 Å². The minimum Gasteiger partial charge on any atom is -0.373 e. The quantitative estimate of drug-likeness (QED) is 0.634. The van der Waals surface area contributed by atoms with Crippen LogP contribution in [0.1, 0.15) is 36.5 Å². The highest BCUT2D eigenvalue weighted by molar-refractivity contribution is 7.13. The van der Waals surface area contributed by atoms with Crippen LogP contribution in [0, 0.1) is 13.8 Å². The summed E-state index contributed by atoms with van der Waals surface area (Å²) >= 11 is 1.47. The van der Waals surface area contributed by atoms with Crippen LogP contribution in [0.15, 0.2) is 35.7 Å². The first kappa shape index (κ1) is 21.7. The zero-order valence-corrected chi connectivity index (χ0v) is 19.3. The van der Waals surface area contributed by atoms with Gasteiger partial charge in [0.25, 0.3) is 0 Å². The number of amides is 1. The van der Waals surface area contributed by atoms with Crippen LogP contribution in [-0.4, -0.2) is 50.9 Å². The lowest BCUT2D eigenvalue weighted by atomic mass is 10.1. The van der Waals surface area contributed by atoms with Gasteiger partial charge in [-0.1, -0.05) is 18.2 Å². The van der Waals surface area contributed by atoms with E-state index in [0.717, 1.165) is 48.0 Å². The highest BCUT2D eigenvalue weighted by atomic mass is 32.1. The minimum atomic E-state index is -0.0756. The van der Waals surface area contributed by atoms with Crippen molar-refractivity contribution in [1.29, 1.82) is 0 Å². The van der Waals surface area contributed by atoms with E-state index in [0.29, 0.717) is 5.13 Å². The van der Waals surface area contributed by atoms with E-state index in [1.807, 2.05) is 54.2 Å². The highest BCUT2D eigenvalue weighted by Crippen LogP contribution is 2.21. The van der Waals surface area contributed by atoms with Gasteiger partial charge in [-0.15, -0.1) is 11.3 Å². The number of morpholine rings is 1. The molecule has 1 saturated heterocycles. The van der Waals surface area contributed by atoms with Gasteiger partial charge in [0.15, 0.2) is 5.13 Å². The number of carbonyl (C=O) groups excluding carboxylic acids is 1. The van der Waals surface area contributed by atoms with Crippen molar-refractivity contribution in [1.82, 2.24) is 19.7 Å². The summed E-state index contributed by atoms with van der Waals surface area (Å²) in [7, 11) is 0. The van der Waals surface area contributed by atoms with Crippen molar-refractivity contribution in [3.63, 3.8) is 0 Å². The van der Waals surface area contributed by atoms with Crippen molar-refractivity contribution in [2.24, 2.45) is 0 Å². The molecule has 2 atom stereocenters. The molecule has 0 aliphatic carbocycles. The normalized spacial score (nSPS) is 19.5. The Balaban J connectivity index is 1.38. The Labute approximate surface area is 187 Å². The number of hydrogen-bond donors (Lipinski definition) is 1. The summed E-state index contributed by atoms with van der Waals surface area (Å²) in [5.41, 5.74) is 4.77. The maximum atomic E-state index is 12.7. The number of nitrogens with zero attached hydrogens (tertiary/aromatic N) is 4. The van der Waals surface area contributed by atoms with Crippen LogP contribution < -0.4 is 5.32 Å². The number of ether oxygens (including phenoxy) is 1. The van der Waals surface area contributed by atoms with Crippen molar-refractivity contribution in [3.05, 3.63) is 58.4 Å². The van der Waals surface area contributed by atoms with Crippen LogP contribution in [0.4, 0.5) is 5.13 Å². The van der Waals surface area contributed by atoms with E-state index in [1.54, 1.807) is 0 Å². The number of thiazole rings is 1. The predicted octanol–water partition coefficient (Wildman–Crippen LogP) is 3.74. The van der Waals surface area contributed by atoms with Crippen LogP contribution in [0.3, 0.4) is 0 Å². The molecule has 4 rings (SSSR count). The fourth-order valence-corrected chi connectivity index (χ4v) is 4.87. The smallest absolute Gasteiger partial charge is 0.230 e. The fraction of sp³-hybridized carbons (Fsp3) is 0.435. The van der Waals surface area contributed by atoms with E-state index < -0.39 is 0 Å². The average Bonchev–Trinajstić information content (AvgIpc) is 3.26. The zero-order valence-electron chi connectivity index (χ0n) is 18.5. The van der Waals surface area contributed by atoms with Crippen LogP contribution in [-0.2, 0) is 22.5 Å².